The van der Waals surface area contributed by atoms with Crippen LogP contribution in [0.4, 0.5) is 10.8 Å². The molecule has 0 radical (unpaired) electrons. The lowest BCUT2D eigenvalue weighted by Gasteiger charge is -2.13. The number of aromatic nitrogens is 1. The standard InChI is InChI=1S/C27H25N3O5S2/c1-33-19-9-4-7-17(13-19)21-15-37-27(29-21)30-24(31)16-36-20-10-5-8-18(14-20)28-26(32)25-22(34-2)11-6-12-23(25)35-3/h4-15H,16H2,1-3H3,(H,28,32)(H,29,30,31). The predicted octanol–water partition coefficient (Wildman–Crippen LogP) is 5.82. The third-order valence-electron chi connectivity index (χ3n) is 5.23. The Morgan fingerprint density at radius 2 is 1.62 bits per heavy atom. The maximum absolute atomic E-state index is 12.9. The predicted molar refractivity (Wildman–Crippen MR) is 147 cm³/mol. The van der Waals surface area contributed by atoms with Gasteiger partial charge >= 0.3 is 0 Å². The monoisotopic (exact) mass is 535 g/mol. The van der Waals surface area contributed by atoms with Crippen molar-refractivity contribution in [2.45, 2.75) is 4.90 Å². The highest BCUT2D eigenvalue weighted by Crippen LogP contribution is 2.30. The first kappa shape index (κ1) is 26.1. The minimum absolute atomic E-state index is 0.176. The summed E-state index contributed by atoms with van der Waals surface area (Å²) in [7, 11) is 4.61. The molecule has 0 aliphatic heterocycles. The number of benzene rings is 3. The topological polar surface area (TPSA) is 98.8 Å². The van der Waals surface area contributed by atoms with Crippen LogP contribution in [0.2, 0.25) is 0 Å². The molecule has 0 aliphatic rings. The highest BCUT2D eigenvalue weighted by atomic mass is 32.2. The first-order chi connectivity index (χ1) is 18.0. The number of amides is 2. The maximum Gasteiger partial charge on any atom is 0.263 e. The first-order valence-corrected chi connectivity index (χ1v) is 13.0. The second-order valence-electron chi connectivity index (χ2n) is 7.63. The Morgan fingerprint density at radius 1 is 0.892 bits per heavy atom. The Hall–Kier alpha value is -4.02. The van der Waals surface area contributed by atoms with Crippen LogP contribution in [0.3, 0.4) is 0 Å². The van der Waals surface area contributed by atoms with E-state index in [2.05, 4.69) is 15.6 Å². The number of nitrogens with zero attached hydrogens (tertiary/aromatic N) is 1. The Balaban J connectivity index is 1.35. The lowest BCUT2D eigenvalue weighted by molar-refractivity contribution is -0.113. The average Bonchev–Trinajstić information content (AvgIpc) is 3.40. The summed E-state index contributed by atoms with van der Waals surface area (Å²) in [6.45, 7) is 0. The molecule has 0 aliphatic carbocycles. The minimum Gasteiger partial charge on any atom is -0.497 e. The number of rotatable bonds is 10. The largest absolute Gasteiger partial charge is 0.497 e. The Kier molecular flexibility index (Phi) is 8.65. The third-order valence-corrected chi connectivity index (χ3v) is 6.98. The van der Waals surface area contributed by atoms with Crippen LogP contribution in [-0.4, -0.2) is 43.9 Å². The molecule has 8 nitrogen and oxygen atoms in total. The van der Waals surface area contributed by atoms with Crippen molar-refractivity contribution >= 4 is 45.7 Å². The fourth-order valence-electron chi connectivity index (χ4n) is 3.48. The summed E-state index contributed by atoms with van der Waals surface area (Å²) in [5.41, 5.74) is 2.57. The molecular weight excluding hydrogens is 510 g/mol. The SMILES string of the molecule is COc1cccc(-c2csc(NC(=O)CSc3cccc(NC(=O)c4c(OC)cccc4OC)c3)n2)c1. The van der Waals surface area contributed by atoms with Gasteiger partial charge in [0.15, 0.2) is 5.13 Å². The van der Waals surface area contributed by atoms with Crippen LogP contribution >= 0.6 is 23.1 Å². The molecule has 4 rings (SSSR count). The van der Waals surface area contributed by atoms with Crippen molar-refractivity contribution in [3.63, 3.8) is 0 Å². The molecule has 2 amide bonds. The van der Waals surface area contributed by atoms with Crippen LogP contribution in [0.1, 0.15) is 10.4 Å². The molecular formula is C27H25N3O5S2. The highest BCUT2D eigenvalue weighted by Gasteiger charge is 2.18. The number of carbonyl (C=O) groups excluding carboxylic acids is 2. The first-order valence-electron chi connectivity index (χ1n) is 11.2. The zero-order chi connectivity index (χ0) is 26.2. The average molecular weight is 536 g/mol. The minimum atomic E-state index is -0.357. The van der Waals surface area contributed by atoms with Crippen LogP contribution < -0.4 is 24.8 Å². The fourth-order valence-corrected chi connectivity index (χ4v) is 4.97. The third kappa shape index (κ3) is 6.60. The smallest absolute Gasteiger partial charge is 0.263 e. The summed E-state index contributed by atoms with van der Waals surface area (Å²) >= 11 is 2.72. The second kappa shape index (κ2) is 12.3. The van der Waals surface area contributed by atoms with Crippen LogP contribution in [0, 0.1) is 0 Å². The molecule has 4 aromatic rings. The molecule has 2 N–H and O–H groups in total. The van der Waals surface area contributed by atoms with Gasteiger partial charge in [0.05, 0.1) is 32.8 Å². The molecule has 1 aromatic heterocycles. The number of thioether (sulfide) groups is 1. The van der Waals surface area contributed by atoms with E-state index in [1.165, 1.54) is 37.3 Å². The zero-order valence-electron chi connectivity index (χ0n) is 20.4. The number of nitrogens with one attached hydrogen (secondary N) is 2. The molecule has 0 atom stereocenters. The Morgan fingerprint density at radius 3 is 2.35 bits per heavy atom. The molecule has 0 saturated carbocycles. The van der Waals surface area contributed by atoms with Gasteiger partial charge in [-0.15, -0.1) is 23.1 Å². The number of thiazole rings is 1. The van der Waals surface area contributed by atoms with E-state index in [9.17, 15) is 9.59 Å². The van der Waals surface area contributed by atoms with E-state index in [4.69, 9.17) is 14.2 Å². The summed E-state index contributed by atoms with van der Waals surface area (Å²) in [6, 6.07) is 20.0. The molecule has 3 aromatic carbocycles. The van der Waals surface area contributed by atoms with E-state index in [1.54, 1.807) is 31.4 Å². The summed E-state index contributed by atoms with van der Waals surface area (Å²) in [4.78, 5) is 30.8. The number of ether oxygens (including phenoxy) is 3. The van der Waals surface area contributed by atoms with Crippen LogP contribution in [0.15, 0.2) is 77.0 Å². The summed E-state index contributed by atoms with van der Waals surface area (Å²) in [5.74, 6) is 1.22. The van der Waals surface area contributed by atoms with E-state index in [0.29, 0.717) is 27.9 Å². The van der Waals surface area contributed by atoms with Gasteiger partial charge < -0.3 is 24.8 Å². The van der Waals surface area contributed by atoms with Gasteiger partial charge in [-0.3, -0.25) is 9.59 Å². The molecule has 0 fully saturated rings. The van der Waals surface area contributed by atoms with E-state index in [0.717, 1.165) is 21.9 Å². The molecule has 190 valence electrons. The quantitative estimate of drug-likeness (QED) is 0.247. The van der Waals surface area contributed by atoms with Crippen molar-refractivity contribution in [3.05, 3.63) is 77.7 Å². The molecule has 0 unspecified atom stereocenters. The number of carbonyl (C=O) groups is 2. The lowest BCUT2D eigenvalue weighted by atomic mass is 10.1. The molecule has 37 heavy (non-hydrogen) atoms. The Labute approximate surface area is 223 Å². The van der Waals surface area contributed by atoms with Gasteiger partial charge in [-0.25, -0.2) is 4.98 Å². The van der Waals surface area contributed by atoms with Gasteiger partial charge in [-0.1, -0.05) is 24.3 Å². The number of methoxy groups -OCH3 is 3. The van der Waals surface area contributed by atoms with Gasteiger partial charge in [-0.2, -0.15) is 0 Å². The van der Waals surface area contributed by atoms with Gasteiger partial charge in [0.2, 0.25) is 5.91 Å². The van der Waals surface area contributed by atoms with Gasteiger partial charge in [0.1, 0.15) is 22.8 Å². The van der Waals surface area contributed by atoms with E-state index in [-0.39, 0.29) is 17.6 Å². The van der Waals surface area contributed by atoms with E-state index < -0.39 is 0 Å². The van der Waals surface area contributed by atoms with Crippen LogP contribution in [-0.2, 0) is 4.79 Å². The number of hydrogen-bond acceptors (Lipinski definition) is 8. The summed E-state index contributed by atoms with van der Waals surface area (Å²) in [6.07, 6.45) is 0. The van der Waals surface area contributed by atoms with Crippen molar-refractivity contribution in [2.24, 2.45) is 0 Å². The van der Waals surface area contributed by atoms with Crippen molar-refractivity contribution < 1.29 is 23.8 Å². The van der Waals surface area contributed by atoms with Gasteiger partial charge in [-0.05, 0) is 42.5 Å². The normalized spacial score (nSPS) is 10.5. The van der Waals surface area contributed by atoms with E-state index in [1.807, 2.05) is 47.8 Å². The number of anilines is 2. The molecule has 0 saturated heterocycles. The fraction of sp³-hybridized carbons (Fsp3) is 0.148. The molecule has 0 spiro atoms. The zero-order valence-corrected chi connectivity index (χ0v) is 22.1. The second-order valence-corrected chi connectivity index (χ2v) is 9.53. The van der Waals surface area contributed by atoms with Crippen molar-refractivity contribution in [2.75, 3.05) is 37.7 Å². The van der Waals surface area contributed by atoms with Crippen molar-refractivity contribution in [1.29, 1.82) is 0 Å². The van der Waals surface area contributed by atoms with Crippen molar-refractivity contribution in [1.82, 2.24) is 4.98 Å². The maximum atomic E-state index is 12.9. The summed E-state index contributed by atoms with van der Waals surface area (Å²) < 4.78 is 15.9. The highest BCUT2D eigenvalue weighted by molar-refractivity contribution is 8.00. The summed E-state index contributed by atoms with van der Waals surface area (Å²) in [5, 5.41) is 8.13. The molecule has 10 heteroatoms. The van der Waals surface area contributed by atoms with Crippen LogP contribution in [0.25, 0.3) is 11.3 Å². The van der Waals surface area contributed by atoms with Gasteiger partial charge in [0, 0.05) is 21.5 Å². The molecule has 0 bridgehead atoms. The van der Waals surface area contributed by atoms with Gasteiger partial charge in [0.25, 0.3) is 5.91 Å². The molecule has 1 heterocycles. The van der Waals surface area contributed by atoms with Crippen molar-refractivity contribution in [3.8, 4) is 28.5 Å². The van der Waals surface area contributed by atoms with E-state index >= 15 is 0 Å². The Bertz CT molecular complexity index is 1380. The number of hydrogen-bond donors (Lipinski definition) is 2. The lowest BCUT2D eigenvalue weighted by Crippen LogP contribution is -2.15. The van der Waals surface area contributed by atoms with Crippen LogP contribution in [0.5, 0.6) is 17.2 Å².